The monoisotopic (exact) mass is 183 g/mol. The maximum absolute atomic E-state index is 10.6. The molecular formula is C10H17NO2. The van der Waals surface area contributed by atoms with Crippen molar-refractivity contribution in [2.24, 2.45) is 0 Å². The molecule has 0 heterocycles. The lowest BCUT2D eigenvalue weighted by molar-refractivity contribution is -0.132. The Morgan fingerprint density at radius 3 is 2.62 bits per heavy atom. The van der Waals surface area contributed by atoms with Crippen molar-refractivity contribution < 1.29 is 9.90 Å². The van der Waals surface area contributed by atoms with E-state index in [1.54, 1.807) is 6.08 Å². The molecule has 0 amide bonds. The number of hydrogen-bond acceptors (Lipinski definition) is 2. The highest BCUT2D eigenvalue weighted by Crippen LogP contribution is 2.33. The lowest BCUT2D eigenvalue weighted by atomic mass is 10.2. The molecule has 0 aromatic heterocycles. The maximum atomic E-state index is 10.6. The van der Waals surface area contributed by atoms with Gasteiger partial charge in [0.05, 0.1) is 0 Å². The van der Waals surface area contributed by atoms with Gasteiger partial charge in [0.1, 0.15) is 0 Å². The van der Waals surface area contributed by atoms with E-state index in [1.165, 1.54) is 12.8 Å². The fraction of sp³-hybridized carbons (Fsp3) is 0.700. The van der Waals surface area contributed by atoms with Crippen molar-refractivity contribution in [3.05, 3.63) is 11.6 Å². The molecule has 1 aliphatic rings. The Labute approximate surface area is 78.8 Å². The third-order valence-electron chi connectivity index (χ3n) is 2.53. The summed E-state index contributed by atoms with van der Waals surface area (Å²) in [5.41, 5.74) is 0.783. The number of aliphatic carboxylic acids is 1. The zero-order valence-corrected chi connectivity index (χ0v) is 8.26. The van der Waals surface area contributed by atoms with Crippen LogP contribution >= 0.6 is 0 Å². The molecule has 1 aliphatic carbocycles. The number of carbonyl (C=O) groups is 1. The van der Waals surface area contributed by atoms with Crippen LogP contribution in [0.25, 0.3) is 0 Å². The highest BCUT2D eigenvalue weighted by atomic mass is 16.4. The largest absolute Gasteiger partial charge is 0.478 e. The van der Waals surface area contributed by atoms with Gasteiger partial charge in [0, 0.05) is 17.7 Å². The van der Waals surface area contributed by atoms with Crippen LogP contribution in [0.5, 0.6) is 0 Å². The summed E-state index contributed by atoms with van der Waals surface area (Å²) in [5.74, 6) is -0.801. The van der Waals surface area contributed by atoms with Gasteiger partial charge in [-0.2, -0.15) is 0 Å². The van der Waals surface area contributed by atoms with E-state index < -0.39 is 5.97 Å². The summed E-state index contributed by atoms with van der Waals surface area (Å²) < 4.78 is 0. The predicted molar refractivity (Wildman–Crippen MR) is 51.7 cm³/mol. The molecule has 1 saturated carbocycles. The minimum atomic E-state index is -0.801. The van der Waals surface area contributed by atoms with E-state index in [-0.39, 0.29) is 5.54 Å². The maximum Gasteiger partial charge on any atom is 0.331 e. The van der Waals surface area contributed by atoms with Crippen LogP contribution in [0.15, 0.2) is 11.6 Å². The smallest absolute Gasteiger partial charge is 0.331 e. The van der Waals surface area contributed by atoms with Crippen molar-refractivity contribution in [1.29, 1.82) is 0 Å². The first-order valence-electron chi connectivity index (χ1n) is 4.75. The van der Waals surface area contributed by atoms with Gasteiger partial charge >= 0.3 is 5.97 Å². The van der Waals surface area contributed by atoms with Crippen LogP contribution in [0.3, 0.4) is 0 Å². The highest BCUT2D eigenvalue weighted by molar-refractivity contribution is 5.86. The van der Waals surface area contributed by atoms with Crippen LogP contribution < -0.4 is 5.32 Å². The second-order valence-electron chi connectivity index (χ2n) is 3.83. The first kappa shape index (κ1) is 10.3. The van der Waals surface area contributed by atoms with Gasteiger partial charge < -0.3 is 10.4 Å². The molecule has 0 saturated heterocycles. The Balaban J connectivity index is 2.32. The molecule has 0 radical (unpaired) electrons. The molecule has 0 bridgehead atoms. The minimum absolute atomic E-state index is 0.286. The fourth-order valence-corrected chi connectivity index (χ4v) is 1.17. The highest BCUT2D eigenvalue weighted by Gasteiger charge is 2.35. The van der Waals surface area contributed by atoms with Gasteiger partial charge in [-0.3, -0.25) is 0 Å². The van der Waals surface area contributed by atoms with Crippen LogP contribution in [0.2, 0.25) is 0 Å². The van der Waals surface area contributed by atoms with Crippen LogP contribution in [0.1, 0.15) is 33.1 Å². The summed E-state index contributed by atoms with van der Waals surface area (Å²) in [6.07, 6.45) is 4.77. The molecule has 3 nitrogen and oxygen atoms in total. The SMILES string of the molecule is CCC(=CCNC1(C)CC1)C(=O)O. The standard InChI is InChI=1S/C10H17NO2/c1-3-8(9(12)13)4-7-11-10(2)5-6-10/h4,11H,3,5-7H2,1-2H3,(H,12,13). The molecule has 2 N–H and O–H groups in total. The van der Waals surface area contributed by atoms with Gasteiger partial charge in [0.15, 0.2) is 0 Å². The number of rotatable bonds is 5. The second-order valence-corrected chi connectivity index (χ2v) is 3.83. The van der Waals surface area contributed by atoms with Crippen molar-refractivity contribution >= 4 is 5.97 Å². The minimum Gasteiger partial charge on any atom is -0.478 e. The van der Waals surface area contributed by atoms with Gasteiger partial charge in [-0.15, -0.1) is 0 Å². The van der Waals surface area contributed by atoms with Gasteiger partial charge in [0.25, 0.3) is 0 Å². The molecule has 0 spiro atoms. The van der Waals surface area contributed by atoms with E-state index >= 15 is 0 Å². The van der Waals surface area contributed by atoms with E-state index in [0.717, 1.165) is 0 Å². The third-order valence-corrected chi connectivity index (χ3v) is 2.53. The molecule has 1 fully saturated rings. The molecule has 1 rings (SSSR count). The Kier molecular flexibility index (Phi) is 3.09. The van der Waals surface area contributed by atoms with Crippen molar-refractivity contribution in [1.82, 2.24) is 5.32 Å². The number of carboxylic acids is 1. The first-order chi connectivity index (χ1) is 6.07. The lowest BCUT2D eigenvalue weighted by Crippen LogP contribution is -2.28. The second kappa shape index (κ2) is 3.92. The molecule has 0 aromatic rings. The van der Waals surface area contributed by atoms with Crippen molar-refractivity contribution in [3.63, 3.8) is 0 Å². The Bertz CT molecular complexity index is 229. The average molecular weight is 183 g/mol. The van der Waals surface area contributed by atoms with E-state index in [2.05, 4.69) is 12.2 Å². The summed E-state index contributed by atoms with van der Waals surface area (Å²) in [5, 5.41) is 12.0. The summed E-state index contributed by atoms with van der Waals surface area (Å²) in [6.45, 7) is 4.69. The predicted octanol–water partition coefficient (Wildman–Crippen LogP) is 1.55. The van der Waals surface area contributed by atoms with Crippen LogP contribution in [0, 0.1) is 0 Å². The molecule has 0 aliphatic heterocycles. The molecule has 0 atom stereocenters. The number of carboxylic acid groups (broad SMARTS) is 1. The van der Waals surface area contributed by atoms with Crippen molar-refractivity contribution in [2.75, 3.05) is 6.54 Å². The summed E-state index contributed by atoms with van der Waals surface area (Å²) >= 11 is 0. The first-order valence-corrected chi connectivity index (χ1v) is 4.75. The molecule has 0 aromatic carbocycles. The summed E-state index contributed by atoms with van der Waals surface area (Å²) in [7, 11) is 0. The summed E-state index contributed by atoms with van der Waals surface area (Å²) in [6, 6.07) is 0. The molecule has 3 heteroatoms. The van der Waals surface area contributed by atoms with Gasteiger partial charge in [-0.25, -0.2) is 4.79 Å². The molecular weight excluding hydrogens is 166 g/mol. The zero-order chi connectivity index (χ0) is 9.90. The van der Waals surface area contributed by atoms with Gasteiger partial charge in [0.2, 0.25) is 0 Å². The molecule has 0 unspecified atom stereocenters. The number of nitrogens with one attached hydrogen (secondary N) is 1. The van der Waals surface area contributed by atoms with Gasteiger partial charge in [-0.05, 0) is 26.2 Å². The van der Waals surface area contributed by atoms with E-state index in [9.17, 15) is 4.79 Å². The average Bonchev–Trinajstić information content (AvgIpc) is 2.77. The third kappa shape index (κ3) is 3.19. The molecule has 13 heavy (non-hydrogen) atoms. The van der Waals surface area contributed by atoms with E-state index in [1.807, 2.05) is 6.92 Å². The normalized spacial score (nSPS) is 20.0. The zero-order valence-electron chi connectivity index (χ0n) is 8.26. The van der Waals surface area contributed by atoms with Crippen molar-refractivity contribution in [2.45, 2.75) is 38.6 Å². The molecule has 74 valence electrons. The van der Waals surface area contributed by atoms with Crippen LogP contribution in [0.4, 0.5) is 0 Å². The Morgan fingerprint density at radius 2 is 2.23 bits per heavy atom. The fourth-order valence-electron chi connectivity index (χ4n) is 1.17. The Hall–Kier alpha value is -0.830. The van der Waals surface area contributed by atoms with Crippen molar-refractivity contribution in [3.8, 4) is 0 Å². The Morgan fingerprint density at radius 1 is 1.62 bits per heavy atom. The quantitative estimate of drug-likeness (QED) is 0.636. The topological polar surface area (TPSA) is 49.3 Å². The van der Waals surface area contributed by atoms with E-state index in [4.69, 9.17) is 5.11 Å². The summed E-state index contributed by atoms with van der Waals surface area (Å²) in [4.78, 5) is 10.6. The van der Waals surface area contributed by atoms with E-state index in [0.29, 0.717) is 18.5 Å². The van der Waals surface area contributed by atoms with Gasteiger partial charge in [-0.1, -0.05) is 13.0 Å². The lowest BCUT2D eigenvalue weighted by Gasteiger charge is -2.08. The van der Waals surface area contributed by atoms with Crippen LogP contribution in [-0.2, 0) is 4.79 Å². The van der Waals surface area contributed by atoms with Crippen LogP contribution in [-0.4, -0.2) is 23.2 Å². The number of hydrogen-bond donors (Lipinski definition) is 2.